The molecule has 27 heavy (non-hydrogen) atoms. The highest BCUT2D eigenvalue weighted by atomic mass is 16.5. The van der Waals surface area contributed by atoms with E-state index >= 15 is 0 Å². The number of ether oxygens (including phenoxy) is 2. The summed E-state index contributed by atoms with van der Waals surface area (Å²) in [5.74, 6) is 0.813. The zero-order valence-electron chi connectivity index (χ0n) is 15.2. The highest BCUT2D eigenvalue weighted by Crippen LogP contribution is 2.31. The average Bonchev–Trinajstić information content (AvgIpc) is 2.72. The molecule has 1 N–H and O–H groups in total. The van der Waals surface area contributed by atoms with E-state index < -0.39 is 0 Å². The van der Waals surface area contributed by atoms with Gasteiger partial charge in [-0.3, -0.25) is 4.79 Å². The first kappa shape index (κ1) is 18.7. The maximum absolute atomic E-state index is 12.1. The third kappa shape index (κ3) is 4.96. The molecular weight excluding hydrogens is 340 g/mol. The lowest BCUT2D eigenvalue weighted by Gasteiger charge is -2.16. The van der Waals surface area contributed by atoms with Crippen LogP contribution in [0.1, 0.15) is 34.0 Å². The minimum Gasteiger partial charge on any atom is -0.489 e. The van der Waals surface area contributed by atoms with Crippen LogP contribution in [-0.2, 0) is 19.8 Å². The third-order valence-corrected chi connectivity index (χ3v) is 4.19. The Kier molecular flexibility index (Phi) is 6.23. The molecular formula is C23H22O4. The Balaban J connectivity index is 1.82. The van der Waals surface area contributed by atoms with Crippen LogP contribution < -0.4 is 9.47 Å². The van der Waals surface area contributed by atoms with Crippen LogP contribution in [0.15, 0.2) is 72.8 Å². The fourth-order valence-electron chi connectivity index (χ4n) is 2.73. The largest absolute Gasteiger partial charge is 0.489 e. The van der Waals surface area contributed by atoms with Crippen molar-refractivity contribution >= 4 is 5.78 Å². The van der Waals surface area contributed by atoms with Crippen LogP contribution in [0, 0.1) is 0 Å². The number of Topliss-reactive ketones (excluding diaryl/α,β-unsaturated/α-hetero) is 1. The lowest BCUT2D eigenvalue weighted by atomic mass is 10.1. The molecule has 0 fully saturated rings. The second-order valence-corrected chi connectivity index (χ2v) is 6.22. The standard InChI is InChI=1S/C23H22O4/c1-17(25)21-13-22(26-15-18-8-4-2-5-9-18)20(14-24)12-23(21)27-16-19-10-6-3-7-11-19/h2-13,24H,14-16H2,1H3. The molecule has 0 bridgehead atoms. The van der Waals surface area contributed by atoms with Crippen molar-refractivity contribution in [2.75, 3.05) is 0 Å². The molecule has 3 rings (SSSR count). The quantitative estimate of drug-likeness (QED) is 0.598. The van der Waals surface area contributed by atoms with E-state index in [-0.39, 0.29) is 12.4 Å². The first-order valence-electron chi connectivity index (χ1n) is 8.79. The molecule has 0 spiro atoms. The van der Waals surface area contributed by atoms with E-state index in [1.165, 1.54) is 6.92 Å². The number of ketones is 1. The number of hydrogen-bond acceptors (Lipinski definition) is 4. The van der Waals surface area contributed by atoms with Gasteiger partial charge in [-0.15, -0.1) is 0 Å². The van der Waals surface area contributed by atoms with Gasteiger partial charge in [0.25, 0.3) is 0 Å². The second-order valence-electron chi connectivity index (χ2n) is 6.22. The first-order chi connectivity index (χ1) is 13.2. The molecule has 4 heteroatoms. The fraction of sp³-hybridized carbons (Fsp3) is 0.174. The summed E-state index contributed by atoms with van der Waals surface area (Å²) in [5.41, 5.74) is 3.03. The molecule has 4 nitrogen and oxygen atoms in total. The van der Waals surface area contributed by atoms with Crippen LogP contribution in [-0.4, -0.2) is 10.9 Å². The van der Waals surface area contributed by atoms with Crippen molar-refractivity contribution in [3.8, 4) is 11.5 Å². The maximum atomic E-state index is 12.1. The molecule has 0 saturated carbocycles. The molecule has 0 heterocycles. The maximum Gasteiger partial charge on any atom is 0.163 e. The normalized spacial score (nSPS) is 10.4. The summed E-state index contributed by atoms with van der Waals surface area (Å²) in [6.07, 6.45) is 0. The predicted molar refractivity (Wildman–Crippen MR) is 104 cm³/mol. The van der Waals surface area contributed by atoms with Crippen LogP contribution in [0.3, 0.4) is 0 Å². The SMILES string of the molecule is CC(=O)c1cc(OCc2ccccc2)c(CO)cc1OCc1ccccc1. The number of hydrogen-bond donors (Lipinski definition) is 1. The Morgan fingerprint density at radius 3 is 1.81 bits per heavy atom. The zero-order chi connectivity index (χ0) is 19.1. The van der Waals surface area contributed by atoms with E-state index in [4.69, 9.17) is 9.47 Å². The summed E-state index contributed by atoms with van der Waals surface area (Å²) >= 11 is 0. The summed E-state index contributed by atoms with van der Waals surface area (Å²) < 4.78 is 11.7. The molecule has 0 aliphatic carbocycles. The van der Waals surface area contributed by atoms with E-state index in [1.807, 2.05) is 60.7 Å². The number of rotatable bonds is 8. The Hall–Kier alpha value is -3.11. The van der Waals surface area contributed by atoms with Gasteiger partial charge in [0.05, 0.1) is 12.2 Å². The molecule has 0 radical (unpaired) electrons. The molecule has 0 atom stereocenters. The number of benzene rings is 3. The van der Waals surface area contributed by atoms with Gasteiger partial charge in [-0.1, -0.05) is 60.7 Å². The van der Waals surface area contributed by atoms with Crippen molar-refractivity contribution in [2.24, 2.45) is 0 Å². The summed E-state index contributed by atoms with van der Waals surface area (Å²) in [6.45, 7) is 1.99. The molecule has 0 aromatic heterocycles. The van der Waals surface area contributed by atoms with E-state index in [0.29, 0.717) is 35.8 Å². The Labute approximate surface area is 159 Å². The minimum atomic E-state index is -0.204. The molecule has 0 aliphatic heterocycles. The van der Waals surface area contributed by atoms with Crippen molar-refractivity contribution in [1.82, 2.24) is 0 Å². The van der Waals surface area contributed by atoms with E-state index in [1.54, 1.807) is 12.1 Å². The number of carbonyl (C=O) groups excluding carboxylic acids is 1. The molecule has 0 unspecified atom stereocenters. The Bertz CT molecular complexity index is 889. The average molecular weight is 362 g/mol. The third-order valence-electron chi connectivity index (χ3n) is 4.19. The van der Waals surface area contributed by atoms with Crippen LogP contribution >= 0.6 is 0 Å². The van der Waals surface area contributed by atoms with Crippen molar-refractivity contribution in [2.45, 2.75) is 26.7 Å². The summed E-state index contributed by atoms with van der Waals surface area (Å²) in [5, 5.41) is 9.73. The Morgan fingerprint density at radius 1 is 0.815 bits per heavy atom. The van der Waals surface area contributed by atoms with Crippen molar-refractivity contribution < 1.29 is 19.4 Å². The smallest absolute Gasteiger partial charge is 0.163 e. The molecule has 0 aliphatic rings. The molecule has 0 saturated heterocycles. The lowest BCUT2D eigenvalue weighted by Crippen LogP contribution is -2.06. The van der Waals surface area contributed by atoms with E-state index in [9.17, 15) is 9.90 Å². The van der Waals surface area contributed by atoms with Gasteiger partial charge in [0.15, 0.2) is 5.78 Å². The fourth-order valence-corrected chi connectivity index (χ4v) is 2.73. The summed E-state index contributed by atoms with van der Waals surface area (Å²) in [7, 11) is 0. The molecule has 3 aromatic carbocycles. The summed E-state index contributed by atoms with van der Waals surface area (Å²) in [6, 6.07) is 22.8. The van der Waals surface area contributed by atoms with Crippen molar-refractivity contribution in [3.63, 3.8) is 0 Å². The van der Waals surface area contributed by atoms with Gasteiger partial charge >= 0.3 is 0 Å². The van der Waals surface area contributed by atoms with E-state index in [0.717, 1.165) is 11.1 Å². The van der Waals surface area contributed by atoms with Gasteiger partial charge in [0, 0.05) is 5.56 Å². The monoisotopic (exact) mass is 362 g/mol. The molecule has 3 aromatic rings. The van der Waals surface area contributed by atoms with Gasteiger partial charge in [0.1, 0.15) is 24.7 Å². The highest BCUT2D eigenvalue weighted by molar-refractivity contribution is 5.97. The van der Waals surface area contributed by atoms with Crippen molar-refractivity contribution in [1.29, 1.82) is 0 Å². The Morgan fingerprint density at radius 2 is 1.33 bits per heavy atom. The van der Waals surface area contributed by atoms with Crippen molar-refractivity contribution in [3.05, 3.63) is 95.1 Å². The predicted octanol–water partition coefficient (Wildman–Crippen LogP) is 4.54. The van der Waals surface area contributed by atoms with E-state index in [2.05, 4.69) is 0 Å². The number of carbonyl (C=O) groups is 1. The topological polar surface area (TPSA) is 55.8 Å². The van der Waals surface area contributed by atoms with Crippen LogP contribution in [0.5, 0.6) is 11.5 Å². The summed E-state index contributed by atoms with van der Waals surface area (Å²) in [4.78, 5) is 12.1. The highest BCUT2D eigenvalue weighted by Gasteiger charge is 2.15. The number of aliphatic hydroxyl groups excluding tert-OH is 1. The molecule has 138 valence electrons. The minimum absolute atomic E-state index is 0.118. The second kappa shape index (κ2) is 9.01. The lowest BCUT2D eigenvalue weighted by molar-refractivity contribution is 0.101. The van der Waals surface area contributed by atoms with Crippen LogP contribution in [0.4, 0.5) is 0 Å². The van der Waals surface area contributed by atoms with Gasteiger partial charge < -0.3 is 14.6 Å². The molecule has 0 amide bonds. The van der Waals surface area contributed by atoms with Crippen LogP contribution in [0.2, 0.25) is 0 Å². The van der Waals surface area contributed by atoms with Gasteiger partial charge in [0.2, 0.25) is 0 Å². The van der Waals surface area contributed by atoms with Gasteiger partial charge in [-0.25, -0.2) is 0 Å². The zero-order valence-corrected chi connectivity index (χ0v) is 15.2. The first-order valence-corrected chi connectivity index (χ1v) is 8.79. The number of aliphatic hydroxyl groups is 1. The van der Waals surface area contributed by atoms with Crippen LogP contribution in [0.25, 0.3) is 0 Å². The van der Waals surface area contributed by atoms with Gasteiger partial charge in [-0.05, 0) is 30.2 Å². The van der Waals surface area contributed by atoms with Gasteiger partial charge in [-0.2, -0.15) is 0 Å².